The summed E-state index contributed by atoms with van der Waals surface area (Å²) in [6.07, 6.45) is -1.52. The average Bonchev–Trinajstić information content (AvgIpc) is 3.42. The third kappa shape index (κ3) is 9.92. The van der Waals surface area contributed by atoms with Gasteiger partial charge in [0.1, 0.15) is 22.8 Å². The van der Waals surface area contributed by atoms with Crippen LogP contribution in [0.25, 0.3) is 0 Å². The molecule has 2 aliphatic heterocycles. The van der Waals surface area contributed by atoms with Crippen LogP contribution in [0.2, 0.25) is 10.0 Å². The van der Waals surface area contributed by atoms with Crippen LogP contribution in [0.5, 0.6) is 5.75 Å². The zero-order chi connectivity index (χ0) is 38.7. The fourth-order valence-corrected chi connectivity index (χ4v) is 7.34. The van der Waals surface area contributed by atoms with Gasteiger partial charge in [0.15, 0.2) is 0 Å². The van der Waals surface area contributed by atoms with Crippen molar-refractivity contribution in [3.63, 3.8) is 0 Å². The molecule has 0 aliphatic carbocycles. The van der Waals surface area contributed by atoms with E-state index >= 15 is 8.78 Å². The maximum Gasteiger partial charge on any atom is 0.412 e. The predicted molar refractivity (Wildman–Crippen MR) is 210 cm³/mol. The highest BCUT2D eigenvalue weighted by Gasteiger charge is 2.61. The maximum atomic E-state index is 16.0. The number of nitriles is 1. The minimum Gasteiger partial charge on any atom is -0.495 e. The van der Waals surface area contributed by atoms with Gasteiger partial charge < -0.3 is 35.1 Å². The second kappa shape index (κ2) is 18.8. The Morgan fingerprint density at radius 1 is 1.05 bits per heavy atom. The molecule has 5 rings (SSSR count). The van der Waals surface area contributed by atoms with E-state index in [4.69, 9.17) is 37.4 Å². The van der Waals surface area contributed by atoms with E-state index in [0.29, 0.717) is 26.2 Å². The summed E-state index contributed by atoms with van der Waals surface area (Å²) in [6.45, 7) is 9.40. The van der Waals surface area contributed by atoms with E-state index in [1.165, 1.54) is 67.5 Å². The number of carbonyl (C=O) groups is 3. The van der Waals surface area contributed by atoms with Gasteiger partial charge in [-0.25, -0.2) is 18.4 Å². The summed E-state index contributed by atoms with van der Waals surface area (Å²) in [4.78, 5) is 41.3. The quantitative estimate of drug-likeness (QED) is 0.147. The summed E-state index contributed by atoms with van der Waals surface area (Å²) in [5, 5.41) is 20.1. The van der Waals surface area contributed by atoms with Crippen molar-refractivity contribution in [2.45, 2.75) is 63.8 Å². The number of halogens is 6. The van der Waals surface area contributed by atoms with Crippen molar-refractivity contribution in [2.24, 2.45) is 5.41 Å². The highest BCUT2D eigenvalue weighted by Crippen LogP contribution is 2.53. The van der Waals surface area contributed by atoms with Gasteiger partial charge in [-0.2, -0.15) is 5.26 Å². The first-order valence-electron chi connectivity index (χ1n) is 17.0. The molecule has 2 saturated heterocycles. The van der Waals surface area contributed by atoms with E-state index in [-0.39, 0.29) is 69.4 Å². The zero-order valence-corrected chi connectivity index (χ0v) is 33.9. The molecule has 55 heavy (non-hydrogen) atoms. The highest BCUT2D eigenvalue weighted by atomic mass is 35.5. The number of hydrogen-bond acceptors (Lipinski definition) is 9. The molecular weight excluding hydrogens is 802 g/mol. The summed E-state index contributed by atoms with van der Waals surface area (Å²) >= 11 is 12.4. The standard InChI is InChI=1S/C38H41Cl2F2N5O6.2ClH/c1-21(53-36(50)47-15-13-44-14-16-47)52-35(49)22-9-12-28(29(17-22)51-5)45-34(48)33-31(24-7-6-8-26(40)32(24)42)38(20-43,30(46-33)19-37(2,3)4)25-11-10-23(39)18-27(25)41;;/h6-12,17-18,21,30-31,33,44,46H,13-16,19H2,1-5H3,(H,45,48);2*1H/t21?,30-,31-,33+,38-;;/m0../s1. The molecule has 298 valence electrons. The largest absolute Gasteiger partial charge is 0.495 e. The van der Waals surface area contributed by atoms with Crippen LogP contribution in [-0.4, -0.2) is 74.5 Å². The van der Waals surface area contributed by atoms with E-state index < -0.39 is 64.7 Å². The molecule has 0 radical (unpaired) electrons. The number of methoxy groups -OCH3 is 1. The Hall–Kier alpha value is -3.90. The van der Waals surface area contributed by atoms with Crippen LogP contribution in [0, 0.1) is 28.4 Å². The third-order valence-corrected chi connectivity index (χ3v) is 9.87. The number of nitrogens with zero attached hydrogens (tertiary/aromatic N) is 2. The van der Waals surface area contributed by atoms with E-state index in [0.717, 1.165) is 6.07 Å². The number of piperazine rings is 1. The van der Waals surface area contributed by atoms with E-state index in [2.05, 4.69) is 22.0 Å². The first-order chi connectivity index (χ1) is 25.1. The predicted octanol–water partition coefficient (Wildman–Crippen LogP) is 7.63. The van der Waals surface area contributed by atoms with E-state index in [9.17, 15) is 19.6 Å². The zero-order valence-electron chi connectivity index (χ0n) is 30.7. The summed E-state index contributed by atoms with van der Waals surface area (Å²) in [5.74, 6) is -4.36. The molecule has 0 saturated carbocycles. The number of carbonyl (C=O) groups excluding carboxylic acids is 3. The second-order valence-electron chi connectivity index (χ2n) is 14.2. The SMILES string of the molecule is COc1cc(C(=O)OC(C)OC(=O)N2CCNCC2)ccc1NC(=O)[C@@H]1N[C@@H](CC(C)(C)C)[C@](C#N)(c2ccc(Cl)cc2F)[C@H]1c1cccc(Cl)c1F.Cl.Cl. The van der Waals surface area contributed by atoms with Gasteiger partial charge in [0, 0.05) is 55.6 Å². The number of esters is 1. The van der Waals surface area contributed by atoms with E-state index in [1.54, 1.807) is 0 Å². The first-order valence-corrected chi connectivity index (χ1v) is 17.8. The molecule has 0 aromatic heterocycles. The Balaban J connectivity index is 0.00000406. The normalized spacial score (nSPS) is 21.2. The molecule has 0 bridgehead atoms. The number of ether oxygens (including phenoxy) is 3. The van der Waals surface area contributed by atoms with Crippen molar-refractivity contribution in [3.8, 4) is 11.8 Å². The van der Waals surface area contributed by atoms with Crippen molar-refractivity contribution < 1.29 is 37.4 Å². The smallest absolute Gasteiger partial charge is 0.412 e. The molecule has 2 aliphatic rings. The number of benzene rings is 3. The molecule has 2 amide bonds. The van der Waals surface area contributed by atoms with Crippen LogP contribution >= 0.6 is 48.0 Å². The molecule has 5 atom stereocenters. The fourth-order valence-electron chi connectivity index (χ4n) is 7.00. The highest BCUT2D eigenvalue weighted by molar-refractivity contribution is 6.31. The minimum atomic E-state index is -1.82. The topological polar surface area (TPSA) is 142 Å². The number of rotatable bonds is 9. The van der Waals surface area contributed by atoms with Crippen LogP contribution in [0.15, 0.2) is 54.6 Å². The lowest BCUT2D eigenvalue weighted by atomic mass is 9.62. The first kappa shape index (κ1) is 45.5. The average molecular weight is 846 g/mol. The molecule has 3 N–H and O–H groups in total. The summed E-state index contributed by atoms with van der Waals surface area (Å²) < 4.78 is 48.1. The van der Waals surface area contributed by atoms with Crippen LogP contribution in [0.3, 0.4) is 0 Å². The monoisotopic (exact) mass is 843 g/mol. The number of nitrogens with one attached hydrogen (secondary N) is 3. The van der Waals surface area contributed by atoms with Crippen molar-refractivity contribution in [3.05, 3.63) is 93.0 Å². The van der Waals surface area contributed by atoms with Gasteiger partial charge >= 0.3 is 12.1 Å². The summed E-state index contributed by atoms with van der Waals surface area (Å²) in [5.41, 5.74) is -2.19. The second-order valence-corrected chi connectivity index (χ2v) is 15.0. The van der Waals surface area contributed by atoms with Gasteiger partial charge in [0.05, 0.1) is 35.5 Å². The molecule has 3 aromatic rings. The molecule has 17 heteroatoms. The molecular formula is C38H43Cl4F2N5O6. The Bertz CT molecular complexity index is 1920. The molecule has 0 spiro atoms. The van der Waals surface area contributed by atoms with Crippen molar-refractivity contribution in [1.29, 1.82) is 5.26 Å². The summed E-state index contributed by atoms with van der Waals surface area (Å²) in [6, 6.07) is 12.5. The van der Waals surface area contributed by atoms with Gasteiger partial charge in [-0.15, -0.1) is 24.8 Å². The Kier molecular flexibility index (Phi) is 15.6. The Morgan fingerprint density at radius 3 is 2.36 bits per heavy atom. The van der Waals surface area contributed by atoms with Gasteiger partial charge in [0.25, 0.3) is 0 Å². The fraction of sp³-hybridized carbons (Fsp3) is 0.421. The number of anilines is 1. The van der Waals surface area contributed by atoms with Crippen LogP contribution < -0.4 is 20.7 Å². The van der Waals surface area contributed by atoms with Gasteiger partial charge in [0.2, 0.25) is 12.2 Å². The summed E-state index contributed by atoms with van der Waals surface area (Å²) in [7, 11) is 1.33. The van der Waals surface area contributed by atoms with Gasteiger partial charge in [-0.05, 0) is 53.8 Å². The van der Waals surface area contributed by atoms with Crippen molar-refractivity contribution in [2.75, 3.05) is 38.6 Å². The molecule has 2 heterocycles. The Labute approximate surface area is 341 Å². The molecule has 1 unspecified atom stereocenters. The lowest BCUT2D eigenvalue weighted by molar-refractivity contribution is -0.118. The van der Waals surface area contributed by atoms with Crippen LogP contribution in [-0.2, 0) is 19.7 Å². The molecule has 11 nitrogen and oxygen atoms in total. The molecule has 3 aromatic carbocycles. The number of hydrogen-bond donors (Lipinski definition) is 3. The van der Waals surface area contributed by atoms with Crippen molar-refractivity contribution in [1.82, 2.24) is 15.5 Å². The van der Waals surface area contributed by atoms with Gasteiger partial charge in [-0.1, -0.05) is 62.2 Å². The van der Waals surface area contributed by atoms with Gasteiger partial charge in [-0.3, -0.25) is 4.79 Å². The van der Waals surface area contributed by atoms with Crippen molar-refractivity contribution >= 4 is 71.7 Å². The van der Waals surface area contributed by atoms with Crippen LogP contribution in [0.1, 0.15) is 61.5 Å². The number of amides is 2. The lowest BCUT2D eigenvalue weighted by Crippen LogP contribution is -2.47. The minimum absolute atomic E-state index is 0. The maximum absolute atomic E-state index is 16.0. The lowest BCUT2D eigenvalue weighted by Gasteiger charge is -2.37. The van der Waals surface area contributed by atoms with E-state index in [1.807, 2.05) is 20.8 Å². The molecule has 2 fully saturated rings. The Morgan fingerprint density at radius 2 is 1.75 bits per heavy atom. The third-order valence-electron chi connectivity index (χ3n) is 9.34. The van der Waals surface area contributed by atoms with Crippen LogP contribution in [0.4, 0.5) is 19.3 Å².